The third kappa shape index (κ3) is 10.3. The molecule has 0 spiro atoms. The number of nitrogens with one attached hydrogen (secondary N) is 1. The van der Waals surface area contributed by atoms with Gasteiger partial charge in [-0.25, -0.2) is 9.97 Å². The molecule has 5 heteroatoms. The third-order valence-corrected chi connectivity index (χ3v) is 5.22. The lowest BCUT2D eigenvalue weighted by Crippen LogP contribution is -1.95. The van der Waals surface area contributed by atoms with Crippen molar-refractivity contribution in [1.29, 1.82) is 0 Å². The molecule has 0 aliphatic carbocycles. The number of imidazole rings is 2. The number of nitrogens with zero attached hydrogens (tertiary/aromatic N) is 4. The number of unbranched alkanes of at least 4 members (excludes halogenated alkanes) is 1. The van der Waals surface area contributed by atoms with Gasteiger partial charge in [0.1, 0.15) is 0 Å². The zero-order valence-corrected chi connectivity index (χ0v) is 21.8. The van der Waals surface area contributed by atoms with Gasteiger partial charge < -0.3 is 9.55 Å². The van der Waals surface area contributed by atoms with E-state index in [2.05, 4.69) is 105 Å². The van der Waals surface area contributed by atoms with Crippen molar-refractivity contribution in [1.82, 2.24) is 24.5 Å². The first-order chi connectivity index (χ1) is 15.1. The fourth-order valence-electron chi connectivity index (χ4n) is 2.86. The molecule has 5 nitrogen and oxygen atoms in total. The van der Waals surface area contributed by atoms with Crippen LogP contribution in [0, 0.1) is 0 Å². The van der Waals surface area contributed by atoms with E-state index in [9.17, 15) is 0 Å². The fraction of sp³-hybridized carbons (Fsp3) is 0.593. The minimum atomic E-state index is 0.531. The normalized spacial score (nSPS) is 10.9. The Morgan fingerprint density at radius 1 is 0.875 bits per heavy atom. The number of pyridine rings is 1. The van der Waals surface area contributed by atoms with Crippen molar-refractivity contribution in [2.45, 2.75) is 105 Å². The third-order valence-electron chi connectivity index (χ3n) is 5.22. The topological polar surface area (TPSA) is 59.4 Å². The quantitative estimate of drug-likeness (QED) is 0.411. The summed E-state index contributed by atoms with van der Waals surface area (Å²) in [6, 6.07) is 4.30. The van der Waals surface area contributed by atoms with Gasteiger partial charge in [-0.15, -0.1) is 0 Å². The van der Waals surface area contributed by atoms with Crippen LogP contribution in [0.4, 0.5) is 0 Å². The average molecular weight is 440 g/mol. The summed E-state index contributed by atoms with van der Waals surface area (Å²) in [5, 5.41) is 0. The molecule has 0 saturated carbocycles. The summed E-state index contributed by atoms with van der Waals surface area (Å²) in [4.78, 5) is 15.6. The molecule has 3 rings (SSSR count). The van der Waals surface area contributed by atoms with E-state index >= 15 is 0 Å². The van der Waals surface area contributed by atoms with Crippen LogP contribution in [-0.4, -0.2) is 24.5 Å². The highest BCUT2D eigenvalue weighted by Crippen LogP contribution is 2.18. The largest absolute Gasteiger partial charge is 0.348 e. The Kier molecular flexibility index (Phi) is 12.6. The molecule has 1 N–H and O–H groups in total. The smallest absolute Gasteiger partial charge is 0.0949 e. The molecule has 0 saturated heterocycles. The monoisotopic (exact) mass is 439 g/mol. The van der Waals surface area contributed by atoms with Gasteiger partial charge >= 0.3 is 0 Å². The molecular formula is C27H45N5. The molecule has 0 atom stereocenters. The van der Waals surface area contributed by atoms with E-state index in [0.29, 0.717) is 23.7 Å². The van der Waals surface area contributed by atoms with Crippen LogP contribution in [0.2, 0.25) is 0 Å². The second kappa shape index (κ2) is 14.6. The van der Waals surface area contributed by atoms with E-state index in [1.165, 1.54) is 35.5 Å². The molecule has 0 unspecified atom stereocenters. The summed E-state index contributed by atoms with van der Waals surface area (Å²) < 4.78 is 2.18. The van der Waals surface area contributed by atoms with Crippen LogP contribution in [0.3, 0.4) is 0 Å². The van der Waals surface area contributed by atoms with Crippen molar-refractivity contribution in [2.24, 2.45) is 0 Å². The van der Waals surface area contributed by atoms with Gasteiger partial charge in [0.15, 0.2) is 0 Å². The van der Waals surface area contributed by atoms with E-state index in [1.54, 1.807) is 6.33 Å². The Labute approximate surface area is 196 Å². The number of aromatic nitrogens is 5. The molecule has 0 aliphatic heterocycles. The minimum Gasteiger partial charge on any atom is -0.348 e. The molecule has 32 heavy (non-hydrogen) atoms. The van der Waals surface area contributed by atoms with Crippen LogP contribution in [-0.2, 0) is 6.54 Å². The van der Waals surface area contributed by atoms with Gasteiger partial charge in [0, 0.05) is 36.5 Å². The maximum atomic E-state index is 4.33. The molecule has 178 valence electrons. The fourth-order valence-corrected chi connectivity index (χ4v) is 2.86. The predicted molar refractivity (Wildman–Crippen MR) is 136 cm³/mol. The van der Waals surface area contributed by atoms with E-state index in [-0.39, 0.29) is 0 Å². The first-order valence-electron chi connectivity index (χ1n) is 12.1. The highest BCUT2D eigenvalue weighted by Gasteiger charge is 2.04. The van der Waals surface area contributed by atoms with Gasteiger partial charge in [-0.2, -0.15) is 0 Å². The van der Waals surface area contributed by atoms with Crippen LogP contribution in [0.25, 0.3) is 0 Å². The maximum Gasteiger partial charge on any atom is 0.0949 e. The second-order valence-electron chi connectivity index (χ2n) is 9.53. The lowest BCUT2D eigenvalue weighted by molar-refractivity contribution is 0.630. The molecule has 0 aromatic carbocycles. The Morgan fingerprint density at radius 3 is 2.00 bits per heavy atom. The number of aromatic amines is 1. The van der Waals surface area contributed by atoms with Crippen molar-refractivity contribution in [2.75, 3.05) is 0 Å². The summed E-state index contributed by atoms with van der Waals surface area (Å²) >= 11 is 0. The lowest BCUT2D eigenvalue weighted by Gasteiger charge is -2.08. The van der Waals surface area contributed by atoms with E-state index in [0.717, 1.165) is 6.54 Å². The average Bonchev–Trinajstić information content (AvgIpc) is 3.45. The zero-order valence-electron chi connectivity index (χ0n) is 21.8. The minimum absolute atomic E-state index is 0.531. The number of rotatable bonds is 7. The van der Waals surface area contributed by atoms with Gasteiger partial charge in [-0.3, -0.25) is 4.98 Å². The highest BCUT2D eigenvalue weighted by molar-refractivity contribution is 5.21. The summed E-state index contributed by atoms with van der Waals surface area (Å²) in [5.41, 5.74) is 4.98. The maximum absolute atomic E-state index is 4.33. The SMILES string of the molecule is CC(C)c1ccnc(C(C)C)c1.CC(C)c1cnc[nH]1.CCCCn1cnc(C(C)C)c1. The summed E-state index contributed by atoms with van der Waals surface area (Å²) in [6.07, 6.45) is 12.0. The molecule has 3 aromatic heterocycles. The highest BCUT2D eigenvalue weighted by atomic mass is 15.0. The molecule has 3 heterocycles. The zero-order chi connectivity index (χ0) is 24.1. The van der Waals surface area contributed by atoms with Crippen LogP contribution in [0.15, 0.2) is 43.4 Å². The van der Waals surface area contributed by atoms with Gasteiger partial charge in [0.2, 0.25) is 0 Å². The van der Waals surface area contributed by atoms with Crippen LogP contribution >= 0.6 is 0 Å². The molecule has 0 radical (unpaired) electrons. The number of aryl methyl sites for hydroxylation is 1. The standard InChI is InChI=1S/C11H17N.C10H18N2.C6H10N2/c1-8(2)10-5-6-12-11(7-10)9(3)4;1-4-5-6-12-7-10(9(2)3)11-8-12;1-5(2)6-3-7-4-8-6/h5-9H,1-4H3;7-9H,4-6H2,1-3H3;3-5H,1-2H3,(H,7,8). The van der Waals surface area contributed by atoms with Gasteiger partial charge in [-0.1, -0.05) is 68.7 Å². The summed E-state index contributed by atoms with van der Waals surface area (Å²) in [5.74, 6) is 2.25. The number of hydrogen-bond donors (Lipinski definition) is 1. The molecule has 0 bridgehead atoms. The van der Waals surface area contributed by atoms with E-state index in [1.807, 2.05) is 18.7 Å². The van der Waals surface area contributed by atoms with Gasteiger partial charge in [-0.05, 0) is 47.8 Å². The van der Waals surface area contributed by atoms with Crippen LogP contribution in [0.1, 0.15) is 121 Å². The van der Waals surface area contributed by atoms with Gasteiger partial charge in [0.25, 0.3) is 0 Å². The number of H-pyrrole nitrogens is 1. The van der Waals surface area contributed by atoms with E-state index in [4.69, 9.17) is 0 Å². The molecular weight excluding hydrogens is 394 g/mol. The molecule has 0 amide bonds. The molecule has 0 aliphatic rings. The Hall–Kier alpha value is -2.43. The van der Waals surface area contributed by atoms with E-state index < -0.39 is 0 Å². The molecule has 3 aromatic rings. The first-order valence-corrected chi connectivity index (χ1v) is 12.1. The Balaban J connectivity index is 0.000000245. The second-order valence-corrected chi connectivity index (χ2v) is 9.53. The van der Waals surface area contributed by atoms with Crippen LogP contribution in [0.5, 0.6) is 0 Å². The van der Waals surface area contributed by atoms with Gasteiger partial charge in [0.05, 0.1) is 18.3 Å². The van der Waals surface area contributed by atoms with Crippen molar-refractivity contribution < 1.29 is 0 Å². The summed E-state index contributed by atoms with van der Waals surface area (Å²) in [6.45, 7) is 20.7. The Morgan fingerprint density at radius 2 is 1.56 bits per heavy atom. The number of hydrogen-bond acceptors (Lipinski definition) is 3. The van der Waals surface area contributed by atoms with Crippen molar-refractivity contribution in [3.8, 4) is 0 Å². The molecule has 0 fully saturated rings. The van der Waals surface area contributed by atoms with Crippen LogP contribution < -0.4 is 0 Å². The van der Waals surface area contributed by atoms with Crippen molar-refractivity contribution in [3.63, 3.8) is 0 Å². The van der Waals surface area contributed by atoms with Crippen molar-refractivity contribution in [3.05, 3.63) is 66.0 Å². The first kappa shape index (κ1) is 27.6. The lowest BCUT2D eigenvalue weighted by atomic mass is 10.0. The predicted octanol–water partition coefficient (Wildman–Crippen LogP) is 7.67. The van der Waals surface area contributed by atoms with Crippen molar-refractivity contribution >= 4 is 0 Å². The Bertz CT molecular complexity index is 821. The summed E-state index contributed by atoms with van der Waals surface area (Å²) in [7, 11) is 0.